The summed E-state index contributed by atoms with van der Waals surface area (Å²) in [6.45, 7) is 9.04. The van der Waals surface area contributed by atoms with Crippen molar-refractivity contribution in [3.05, 3.63) is 29.3 Å². The average Bonchev–Trinajstić information content (AvgIpc) is 2.85. The summed E-state index contributed by atoms with van der Waals surface area (Å²) in [4.78, 5) is 23.6. The average molecular weight is 335 g/mol. The summed E-state index contributed by atoms with van der Waals surface area (Å²) in [6, 6.07) is 7.05. The maximum absolute atomic E-state index is 12.6. The fraction of sp³-hybridized carbons (Fsp3) is 0.529. The minimum absolute atomic E-state index is 0.0262. The van der Waals surface area contributed by atoms with E-state index in [4.69, 9.17) is 11.6 Å². The van der Waals surface area contributed by atoms with E-state index in [1.807, 2.05) is 31.2 Å². The number of hydrogen-bond donors (Lipinski definition) is 0. The molecule has 1 unspecified atom stereocenters. The molecule has 6 heteroatoms. The molecule has 23 heavy (non-hydrogen) atoms. The molecule has 5 nitrogen and oxygen atoms in total. The van der Waals surface area contributed by atoms with Crippen molar-refractivity contribution in [3.63, 3.8) is 0 Å². The van der Waals surface area contributed by atoms with Gasteiger partial charge in [0.05, 0.1) is 5.69 Å². The Bertz CT molecular complexity index is 593. The molecule has 1 amide bonds. The molecule has 1 saturated heterocycles. The first-order valence-corrected chi connectivity index (χ1v) is 8.62. The van der Waals surface area contributed by atoms with Gasteiger partial charge in [0.15, 0.2) is 0 Å². The van der Waals surface area contributed by atoms with Crippen LogP contribution in [0.25, 0.3) is 0 Å². The highest BCUT2D eigenvalue weighted by atomic mass is 35.5. The number of carbonyl (C=O) groups is 1. The smallest absolute Gasteiger partial charge is 0.258 e. The van der Waals surface area contributed by atoms with Gasteiger partial charge in [-0.05, 0) is 44.2 Å². The Hall–Kier alpha value is -1.59. The summed E-state index contributed by atoms with van der Waals surface area (Å²) < 4.78 is 0. The Morgan fingerprint density at radius 1 is 1.17 bits per heavy atom. The van der Waals surface area contributed by atoms with Gasteiger partial charge in [0.1, 0.15) is 6.04 Å². The molecule has 2 heterocycles. The van der Waals surface area contributed by atoms with Gasteiger partial charge in [0.25, 0.3) is 5.91 Å². The van der Waals surface area contributed by atoms with Crippen LogP contribution in [0, 0.1) is 0 Å². The van der Waals surface area contributed by atoms with E-state index in [1.54, 1.807) is 4.90 Å². The molecule has 1 aromatic carbocycles. The van der Waals surface area contributed by atoms with Crippen LogP contribution >= 0.6 is 11.6 Å². The molecule has 0 aromatic heterocycles. The maximum atomic E-state index is 12.6. The van der Waals surface area contributed by atoms with Gasteiger partial charge in [-0.25, -0.2) is 9.89 Å². The third-order valence-electron chi connectivity index (χ3n) is 4.37. The van der Waals surface area contributed by atoms with E-state index in [1.165, 1.54) is 6.42 Å². The van der Waals surface area contributed by atoms with E-state index < -0.39 is 0 Å². The summed E-state index contributed by atoms with van der Waals surface area (Å²) in [5.41, 5.74) is 0.832. The predicted octanol–water partition coefficient (Wildman–Crippen LogP) is 2.46. The third-order valence-corrected chi connectivity index (χ3v) is 4.62. The summed E-state index contributed by atoms with van der Waals surface area (Å²) in [6.07, 6.45) is 1.17. The minimum atomic E-state index is -0.325. The largest absolute Gasteiger partial charge is 0.340 e. The third kappa shape index (κ3) is 3.35. The number of nitrogens with zero attached hydrogens (tertiary/aromatic N) is 4. The van der Waals surface area contributed by atoms with Crippen molar-refractivity contribution in [2.75, 3.05) is 37.6 Å². The van der Waals surface area contributed by atoms with E-state index in [2.05, 4.69) is 21.7 Å². The minimum Gasteiger partial charge on any atom is -0.340 e. The Kier molecular flexibility index (Phi) is 4.87. The van der Waals surface area contributed by atoms with Crippen molar-refractivity contribution < 1.29 is 4.79 Å². The lowest BCUT2D eigenvalue weighted by Crippen LogP contribution is -2.53. The highest BCUT2D eigenvalue weighted by molar-refractivity contribution is 6.30. The van der Waals surface area contributed by atoms with Crippen LogP contribution < -0.4 is 4.90 Å². The van der Waals surface area contributed by atoms with Gasteiger partial charge in [-0.3, -0.25) is 9.69 Å². The zero-order valence-corrected chi connectivity index (χ0v) is 14.5. The Labute approximate surface area is 142 Å². The number of carbonyl (C=O) groups excluding carboxylic acids is 1. The van der Waals surface area contributed by atoms with Crippen molar-refractivity contribution in [2.24, 2.45) is 4.99 Å². The van der Waals surface area contributed by atoms with Gasteiger partial charge in [-0.15, -0.1) is 0 Å². The lowest BCUT2D eigenvalue weighted by molar-refractivity contribution is -0.117. The molecule has 124 valence electrons. The first-order valence-electron chi connectivity index (χ1n) is 8.24. The standard InChI is InChI=1S/C17H23ClN4O/c1-3-8-20-9-11-21(12-10-20)17-19-13(2)16(23)22(17)15-6-4-14(18)5-7-15/h4-7,13H,3,8-12H2,1-2H3. The highest BCUT2D eigenvalue weighted by Gasteiger charge is 2.36. The molecule has 0 radical (unpaired) electrons. The number of aliphatic imine (C=N–C) groups is 1. The number of benzene rings is 1. The number of amides is 1. The van der Waals surface area contributed by atoms with Crippen molar-refractivity contribution in [2.45, 2.75) is 26.3 Å². The monoisotopic (exact) mass is 334 g/mol. The first-order chi connectivity index (χ1) is 11.1. The molecule has 0 aliphatic carbocycles. The topological polar surface area (TPSA) is 39.1 Å². The van der Waals surface area contributed by atoms with Crippen molar-refractivity contribution in [1.82, 2.24) is 9.80 Å². The van der Waals surface area contributed by atoms with Gasteiger partial charge in [0, 0.05) is 31.2 Å². The van der Waals surface area contributed by atoms with Crippen molar-refractivity contribution >= 4 is 29.2 Å². The van der Waals surface area contributed by atoms with Gasteiger partial charge in [0.2, 0.25) is 5.96 Å². The number of piperazine rings is 1. The molecular formula is C17H23ClN4O. The molecular weight excluding hydrogens is 312 g/mol. The molecule has 1 atom stereocenters. The maximum Gasteiger partial charge on any atom is 0.258 e. The molecule has 2 aliphatic heterocycles. The van der Waals surface area contributed by atoms with Crippen LogP contribution in [0.15, 0.2) is 29.3 Å². The van der Waals surface area contributed by atoms with Crippen LogP contribution in [-0.2, 0) is 4.79 Å². The molecule has 0 N–H and O–H groups in total. The van der Waals surface area contributed by atoms with E-state index in [0.717, 1.165) is 44.4 Å². The van der Waals surface area contributed by atoms with Gasteiger partial charge in [-0.1, -0.05) is 18.5 Å². The predicted molar refractivity (Wildman–Crippen MR) is 94.1 cm³/mol. The van der Waals surface area contributed by atoms with Gasteiger partial charge >= 0.3 is 0 Å². The fourth-order valence-corrected chi connectivity index (χ4v) is 3.24. The second-order valence-electron chi connectivity index (χ2n) is 6.08. The summed E-state index contributed by atoms with van der Waals surface area (Å²) in [7, 11) is 0. The first kappa shape index (κ1) is 16.3. The van der Waals surface area contributed by atoms with Crippen LogP contribution in [0.3, 0.4) is 0 Å². The Morgan fingerprint density at radius 3 is 2.43 bits per heavy atom. The lowest BCUT2D eigenvalue weighted by atomic mass is 10.2. The van der Waals surface area contributed by atoms with Crippen LogP contribution in [0.5, 0.6) is 0 Å². The van der Waals surface area contributed by atoms with Gasteiger partial charge in [-0.2, -0.15) is 0 Å². The zero-order valence-electron chi connectivity index (χ0n) is 13.7. The Morgan fingerprint density at radius 2 is 1.83 bits per heavy atom. The normalized spacial score (nSPS) is 22.7. The zero-order chi connectivity index (χ0) is 16.4. The van der Waals surface area contributed by atoms with E-state index in [0.29, 0.717) is 5.02 Å². The number of halogens is 1. The second-order valence-corrected chi connectivity index (χ2v) is 6.52. The van der Waals surface area contributed by atoms with Gasteiger partial charge < -0.3 is 4.90 Å². The van der Waals surface area contributed by atoms with Crippen molar-refractivity contribution in [3.8, 4) is 0 Å². The van der Waals surface area contributed by atoms with E-state index in [-0.39, 0.29) is 11.9 Å². The van der Waals surface area contributed by atoms with Crippen LogP contribution in [0.1, 0.15) is 20.3 Å². The summed E-state index contributed by atoms with van der Waals surface area (Å²) >= 11 is 5.96. The number of rotatable bonds is 3. The SMILES string of the molecule is CCCN1CCN(C2=NC(C)C(=O)N2c2ccc(Cl)cc2)CC1. The lowest BCUT2D eigenvalue weighted by Gasteiger charge is -2.37. The highest BCUT2D eigenvalue weighted by Crippen LogP contribution is 2.25. The van der Waals surface area contributed by atoms with Crippen LogP contribution in [-0.4, -0.2) is 60.4 Å². The molecule has 0 saturated carbocycles. The number of guanidine groups is 1. The summed E-state index contributed by atoms with van der Waals surface area (Å²) in [5, 5.41) is 0.667. The van der Waals surface area contributed by atoms with E-state index in [9.17, 15) is 4.79 Å². The summed E-state index contributed by atoms with van der Waals surface area (Å²) in [5.74, 6) is 0.805. The van der Waals surface area contributed by atoms with E-state index >= 15 is 0 Å². The molecule has 0 bridgehead atoms. The molecule has 3 rings (SSSR count). The molecule has 0 spiro atoms. The van der Waals surface area contributed by atoms with Crippen molar-refractivity contribution in [1.29, 1.82) is 0 Å². The van der Waals surface area contributed by atoms with Crippen LogP contribution in [0.2, 0.25) is 5.02 Å². The Balaban J connectivity index is 1.78. The number of hydrogen-bond acceptors (Lipinski definition) is 4. The molecule has 1 aromatic rings. The second kappa shape index (κ2) is 6.89. The quantitative estimate of drug-likeness (QED) is 0.852. The molecule has 1 fully saturated rings. The van der Waals surface area contributed by atoms with Crippen LogP contribution in [0.4, 0.5) is 5.69 Å². The number of anilines is 1. The molecule has 2 aliphatic rings. The fourth-order valence-electron chi connectivity index (χ4n) is 3.12.